The van der Waals surface area contributed by atoms with E-state index in [4.69, 9.17) is 32.7 Å². The van der Waals surface area contributed by atoms with E-state index in [0.29, 0.717) is 49.1 Å². The van der Waals surface area contributed by atoms with Gasteiger partial charge in [-0.2, -0.15) is 0 Å². The van der Waals surface area contributed by atoms with Crippen molar-refractivity contribution >= 4 is 41.0 Å². The molecule has 0 radical (unpaired) electrons. The zero-order chi connectivity index (χ0) is 24.5. The van der Waals surface area contributed by atoms with Gasteiger partial charge in [-0.25, -0.2) is 9.59 Å². The number of carbonyl (C=O) groups is 2. The summed E-state index contributed by atoms with van der Waals surface area (Å²) < 4.78 is 11.0. The number of rotatable bonds is 4. The van der Waals surface area contributed by atoms with E-state index in [2.05, 4.69) is 4.90 Å². The average molecular weight is 513 g/mol. The van der Waals surface area contributed by atoms with Gasteiger partial charge in [0.05, 0.1) is 28.9 Å². The molecule has 0 saturated carbocycles. The van der Waals surface area contributed by atoms with E-state index in [0.717, 1.165) is 44.1 Å². The van der Waals surface area contributed by atoms with Crippen LogP contribution in [0.5, 0.6) is 0 Å². The van der Waals surface area contributed by atoms with Crippen LogP contribution >= 0.6 is 23.2 Å². The second kappa shape index (κ2) is 10.5. The maximum Gasteiger partial charge on any atom is 0.410 e. The molecular formula is C24H34Cl2N4O4. The van der Waals surface area contributed by atoms with Gasteiger partial charge in [-0.05, 0) is 51.3 Å². The number of piperidine rings is 1. The summed E-state index contributed by atoms with van der Waals surface area (Å²) in [6.07, 6.45) is 1.03. The van der Waals surface area contributed by atoms with Gasteiger partial charge in [0.2, 0.25) is 0 Å². The number of fused-ring (bicyclic) bond motifs is 1. The molecule has 2 saturated heterocycles. The summed E-state index contributed by atoms with van der Waals surface area (Å²) in [5.41, 5.74) is 1.27. The summed E-state index contributed by atoms with van der Waals surface area (Å²) >= 11 is 12.7. The van der Waals surface area contributed by atoms with E-state index in [1.165, 1.54) is 0 Å². The van der Waals surface area contributed by atoms with Gasteiger partial charge in [0.1, 0.15) is 5.60 Å². The Labute approximate surface area is 211 Å². The van der Waals surface area contributed by atoms with Crippen molar-refractivity contribution in [3.63, 3.8) is 0 Å². The Morgan fingerprint density at radius 2 is 1.71 bits per heavy atom. The summed E-state index contributed by atoms with van der Waals surface area (Å²) in [7, 11) is 0. The molecule has 0 aliphatic carbocycles. The van der Waals surface area contributed by atoms with Crippen LogP contribution in [0.1, 0.15) is 39.2 Å². The van der Waals surface area contributed by atoms with Crippen LogP contribution in [0.15, 0.2) is 12.1 Å². The van der Waals surface area contributed by atoms with Crippen molar-refractivity contribution < 1.29 is 19.1 Å². The molecule has 3 amide bonds. The number of hydrogen-bond donors (Lipinski definition) is 0. The maximum absolute atomic E-state index is 13.7. The van der Waals surface area contributed by atoms with Gasteiger partial charge in [0.25, 0.3) is 0 Å². The molecule has 0 unspecified atom stereocenters. The number of nitrogens with zero attached hydrogens (tertiary/aromatic N) is 4. The number of hydrogen-bond acceptors (Lipinski definition) is 5. The van der Waals surface area contributed by atoms with E-state index in [9.17, 15) is 9.59 Å². The lowest BCUT2D eigenvalue weighted by Crippen LogP contribution is -2.56. The summed E-state index contributed by atoms with van der Waals surface area (Å²) in [5, 5.41) is 0.925. The number of benzene rings is 1. The Balaban J connectivity index is 1.49. The van der Waals surface area contributed by atoms with Crippen LogP contribution in [0.3, 0.4) is 0 Å². The van der Waals surface area contributed by atoms with Crippen LogP contribution in [-0.4, -0.2) is 90.9 Å². The number of morpholine rings is 1. The molecule has 3 heterocycles. The first-order valence-corrected chi connectivity index (χ1v) is 12.7. The predicted molar refractivity (Wildman–Crippen MR) is 133 cm³/mol. The third kappa shape index (κ3) is 5.90. The predicted octanol–water partition coefficient (Wildman–Crippen LogP) is 4.47. The Hall–Kier alpha value is -1.74. The molecule has 1 aromatic rings. The molecule has 0 aromatic heterocycles. The van der Waals surface area contributed by atoms with E-state index in [1.54, 1.807) is 11.0 Å². The zero-order valence-electron chi connectivity index (χ0n) is 20.2. The van der Waals surface area contributed by atoms with Gasteiger partial charge >= 0.3 is 12.1 Å². The molecule has 2 fully saturated rings. The van der Waals surface area contributed by atoms with E-state index < -0.39 is 5.60 Å². The standard InChI is InChI=1S/C24H34Cl2N4O4/c1-24(2,3)34-23(32)28-6-4-18(5-7-28)30-21-15-20(26)19(25)14-17(21)16-29(22(30)31)9-8-27-10-12-33-13-11-27/h14-15,18H,4-13,16H2,1-3H3. The van der Waals surface area contributed by atoms with Crippen molar-refractivity contribution in [1.29, 1.82) is 0 Å². The molecule has 0 N–H and O–H groups in total. The van der Waals surface area contributed by atoms with Gasteiger partial charge in [0.15, 0.2) is 0 Å². The molecule has 3 aliphatic rings. The number of anilines is 1. The minimum Gasteiger partial charge on any atom is -0.444 e. The SMILES string of the molecule is CC(C)(C)OC(=O)N1CCC(N2C(=O)N(CCN3CCOCC3)Cc3cc(Cl)c(Cl)cc32)CC1. The highest BCUT2D eigenvalue weighted by Gasteiger charge is 2.38. The minimum absolute atomic E-state index is 0.0186. The Kier molecular flexibility index (Phi) is 7.82. The zero-order valence-corrected chi connectivity index (χ0v) is 21.7. The first-order valence-electron chi connectivity index (χ1n) is 12.0. The molecule has 1 aromatic carbocycles. The summed E-state index contributed by atoms with van der Waals surface area (Å²) in [6, 6.07) is 3.62. The number of carbonyl (C=O) groups excluding carboxylic acids is 2. The van der Waals surface area contributed by atoms with E-state index in [1.807, 2.05) is 36.6 Å². The summed E-state index contributed by atoms with van der Waals surface area (Å²) in [5.74, 6) is 0. The lowest BCUT2D eigenvalue weighted by atomic mass is 9.99. The topological polar surface area (TPSA) is 65.6 Å². The molecule has 0 atom stereocenters. The van der Waals surface area contributed by atoms with E-state index in [-0.39, 0.29) is 18.2 Å². The average Bonchev–Trinajstić information content (AvgIpc) is 2.79. The second-order valence-electron chi connectivity index (χ2n) is 10.1. The molecule has 0 bridgehead atoms. The first-order chi connectivity index (χ1) is 16.1. The van der Waals surface area contributed by atoms with Gasteiger partial charge in [-0.15, -0.1) is 0 Å². The third-order valence-electron chi connectivity index (χ3n) is 6.49. The summed E-state index contributed by atoms with van der Waals surface area (Å²) in [4.78, 5) is 34.0. The van der Waals surface area contributed by atoms with Crippen molar-refractivity contribution in [1.82, 2.24) is 14.7 Å². The minimum atomic E-state index is -0.535. The van der Waals surface area contributed by atoms with Crippen molar-refractivity contribution in [2.24, 2.45) is 0 Å². The number of likely N-dealkylation sites (tertiary alicyclic amines) is 1. The molecular weight excluding hydrogens is 479 g/mol. The Morgan fingerprint density at radius 1 is 1.06 bits per heavy atom. The number of halogens is 2. The highest BCUT2D eigenvalue weighted by molar-refractivity contribution is 6.42. The van der Waals surface area contributed by atoms with Gasteiger partial charge in [-0.3, -0.25) is 9.80 Å². The van der Waals surface area contributed by atoms with Crippen molar-refractivity contribution in [3.05, 3.63) is 27.7 Å². The number of ether oxygens (including phenoxy) is 2. The Morgan fingerprint density at radius 3 is 2.35 bits per heavy atom. The molecule has 4 rings (SSSR count). The Bertz CT molecular complexity index is 909. The highest BCUT2D eigenvalue weighted by atomic mass is 35.5. The summed E-state index contributed by atoms with van der Waals surface area (Å²) in [6.45, 7) is 11.8. The fraction of sp³-hybridized carbons (Fsp3) is 0.667. The monoisotopic (exact) mass is 512 g/mol. The maximum atomic E-state index is 13.7. The molecule has 188 valence electrons. The lowest BCUT2D eigenvalue weighted by Gasteiger charge is -2.44. The largest absolute Gasteiger partial charge is 0.444 e. The second-order valence-corrected chi connectivity index (χ2v) is 10.9. The molecule has 10 heteroatoms. The fourth-order valence-corrected chi connectivity index (χ4v) is 5.05. The highest BCUT2D eigenvalue weighted by Crippen LogP contribution is 2.38. The lowest BCUT2D eigenvalue weighted by molar-refractivity contribution is 0.0205. The van der Waals surface area contributed by atoms with Crippen LogP contribution in [-0.2, 0) is 16.0 Å². The normalized spacial score (nSPS) is 20.5. The number of amides is 3. The van der Waals surface area contributed by atoms with Crippen molar-refractivity contribution in [3.8, 4) is 0 Å². The van der Waals surface area contributed by atoms with Gasteiger partial charge < -0.3 is 19.3 Å². The van der Waals surface area contributed by atoms with Crippen LogP contribution in [0.4, 0.5) is 15.3 Å². The van der Waals surface area contributed by atoms with Crippen molar-refractivity contribution in [2.45, 2.75) is 51.8 Å². The van der Waals surface area contributed by atoms with Crippen LogP contribution in [0.2, 0.25) is 10.0 Å². The molecule has 0 spiro atoms. The fourth-order valence-electron chi connectivity index (χ4n) is 4.70. The van der Waals surface area contributed by atoms with Crippen LogP contribution in [0.25, 0.3) is 0 Å². The third-order valence-corrected chi connectivity index (χ3v) is 7.21. The molecule has 3 aliphatic heterocycles. The smallest absolute Gasteiger partial charge is 0.410 e. The molecule has 34 heavy (non-hydrogen) atoms. The molecule has 8 nitrogen and oxygen atoms in total. The van der Waals surface area contributed by atoms with Crippen molar-refractivity contribution in [2.75, 3.05) is 57.4 Å². The van der Waals surface area contributed by atoms with Gasteiger partial charge in [0, 0.05) is 51.9 Å². The quantitative estimate of drug-likeness (QED) is 0.595. The number of urea groups is 1. The van der Waals surface area contributed by atoms with Crippen LogP contribution in [0, 0.1) is 0 Å². The van der Waals surface area contributed by atoms with E-state index >= 15 is 0 Å². The van der Waals surface area contributed by atoms with Crippen LogP contribution < -0.4 is 4.90 Å². The first kappa shape index (κ1) is 25.4. The van der Waals surface area contributed by atoms with Gasteiger partial charge in [-0.1, -0.05) is 23.2 Å².